The number of fused-ring (bicyclic) bond motifs is 1. The normalized spacial score (nSPS) is 28.9. The minimum absolute atomic E-state index is 0.117. The van der Waals surface area contributed by atoms with Crippen molar-refractivity contribution >= 4 is 5.91 Å². The largest absolute Gasteiger partial charge is 0.337 e. The van der Waals surface area contributed by atoms with Gasteiger partial charge in [-0.2, -0.15) is 0 Å². The molecule has 0 spiro atoms. The van der Waals surface area contributed by atoms with E-state index in [1.807, 2.05) is 15.7 Å². The standard InChI is InChI=1S/C18H28N4O/c1-13(2)21-11-16(19-12-21)18(23)20-9-7-17-14(10-20)4-3-8-22(17)15-5-6-15/h11-15,17H,3-10H2,1-2H3. The first-order valence-electron chi connectivity index (χ1n) is 9.22. The fourth-order valence-corrected chi connectivity index (χ4v) is 4.38. The van der Waals surface area contributed by atoms with Crippen LogP contribution in [0.5, 0.6) is 0 Å². The molecule has 1 aromatic heterocycles. The highest BCUT2D eigenvalue weighted by atomic mass is 16.2. The molecule has 3 aliphatic rings. The zero-order chi connectivity index (χ0) is 16.0. The van der Waals surface area contributed by atoms with Gasteiger partial charge < -0.3 is 9.47 Å². The van der Waals surface area contributed by atoms with Crippen LogP contribution in [0.3, 0.4) is 0 Å². The number of hydrogen-bond donors (Lipinski definition) is 0. The van der Waals surface area contributed by atoms with Crippen molar-refractivity contribution in [3.8, 4) is 0 Å². The molecule has 23 heavy (non-hydrogen) atoms. The molecule has 3 fully saturated rings. The Morgan fingerprint density at radius 3 is 2.74 bits per heavy atom. The Morgan fingerprint density at radius 2 is 2.04 bits per heavy atom. The van der Waals surface area contributed by atoms with Crippen molar-refractivity contribution in [3.63, 3.8) is 0 Å². The van der Waals surface area contributed by atoms with E-state index in [1.165, 1.54) is 32.2 Å². The Bertz CT molecular complexity index is 577. The lowest BCUT2D eigenvalue weighted by Crippen LogP contribution is -2.55. The summed E-state index contributed by atoms with van der Waals surface area (Å²) in [5.74, 6) is 0.778. The lowest BCUT2D eigenvalue weighted by molar-refractivity contribution is 0.0172. The van der Waals surface area contributed by atoms with Crippen molar-refractivity contribution < 1.29 is 4.79 Å². The molecule has 0 bridgehead atoms. The van der Waals surface area contributed by atoms with E-state index in [0.717, 1.165) is 25.6 Å². The SMILES string of the molecule is CC(C)n1cnc(C(=O)N2CCC3C(CCCN3C3CC3)C2)c1. The van der Waals surface area contributed by atoms with Gasteiger partial charge in [-0.3, -0.25) is 9.69 Å². The number of likely N-dealkylation sites (tertiary alicyclic amines) is 2. The number of piperidine rings is 2. The van der Waals surface area contributed by atoms with Crippen molar-refractivity contribution in [2.75, 3.05) is 19.6 Å². The molecule has 2 aliphatic heterocycles. The van der Waals surface area contributed by atoms with Crippen molar-refractivity contribution in [2.45, 2.75) is 64.1 Å². The molecular formula is C18H28N4O. The second-order valence-corrected chi connectivity index (χ2v) is 7.78. The quantitative estimate of drug-likeness (QED) is 0.860. The number of nitrogens with zero attached hydrogens (tertiary/aromatic N) is 4. The zero-order valence-electron chi connectivity index (χ0n) is 14.3. The van der Waals surface area contributed by atoms with Gasteiger partial charge in [-0.15, -0.1) is 0 Å². The van der Waals surface area contributed by atoms with E-state index in [1.54, 1.807) is 6.33 Å². The summed E-state index contributed by atoms with van der Waals surface area (Å²) in [7, 11) is 0. The summed E-state index contributed by atoms with van der Waals surface area (Å²) < 4.78 is 2.01. The molecular weight excluding hydrogens is 288 g/mol. The van der Waals surface area contributed by atoms with Crippen LogP contribution in [0.25, 0.3) is 0 Å². The minimum atomic E-state index is 0.117. The fourth-order valence-electron chi connectivity index (χ4n) is 4.38. The van der Waals surface area contributed by atoms with E-state index in [0.29, 0.717) is 23.7 Å². The number of carbonyl (C=O) groups excluding carboxylic acids is 1. The van der Waals surface area contributed by atoms with Crippen LogP contribution < -0.4 is 0 Å². The highest BCUT2D eigenvalue weighted by molar-refractivity contribution is 5.92. The highest BCUT2D eigenvalue weighted by Crippen LogP contribution is 2.38. The van der Waals surface area contributed by atoms with Crippen LogP contribution in [0.15, 0.2) is 12.5 Å². The van der Waals surface area contributed by atoms with Gasteiger partial charge in [0.05, 0.1) is 6.33 Å². The van der Waals surface area contributed by atoms with E-state index < -0.39 is 0 Å². The summed E-state index contributed by atoms with van der Waals surface area (Å²) in [6.45, 7) is 7.30. The van der Waals surface area contributed by atoms with Gasteiger partial charge in [-0.25, -0.2) is 4.98 Å². The Kier molecular flexibility index (Phi) is 3.92. The number of amides is 1. The highest BCUT2D eigenvalue weighted by Gasteiger charge is 2.42. The maximum Gasteiger partial charge on any atom is 0.274 e. The third-order valence-electron chi connectivity index (χ3n) is 5.83. The molecule has 5 heteroatoms. The molecule has 126 valence electrons. The van der Waals surface area contributed by atoms with Gasteiger partial charge in [-0.05, 0) is 58.4 Å². The van der Waals surface area contributed by atoms with Gasteiger partial charge >= 0.3 is 0 Å². The number of aromatic nitrogens is 2. The third-order valence-corrected chi connectivity index (χ3v) is 5.83. The first-order chi connectivity index (χ1) is 11.1. The van der Waals surface area contributed by atoms with Crippen LogP contribution in [0.4, 0.5) is 0 Å². The Balaban J connectivity index is 1.43. The van der Waals surface area contributed by atoms with Gasteiger partial charge in [0, 0.05) is 37.4 Å². The molecule has 1 aromatic rings. The average molecular weight is 316 g/mol. The molecule has 0 N–H and O–H groups in total. The number of carbonyl (C=O) groups is 1. The van der Waals surface area contributed by atoms with Crippen LogP contribution in [0.2, 0.25) is 0 Å². The molecule has 0 radical (unpaired) electrons. The lowest BCUT2D eigenvalue weighted by Gasteiger charge is -2.47. The number of imidazole rings is 1. The first-order valence-corrected chi connectivity index (χ1v) is 9.22. The monoisotopic (exact) mass is 316 g/mol. The summed E-state index contributed by atoms with van der Waals surface area (Å²) in [5, 5.41) is 0. The van der Waals surface area contributed by atoms with Crippen LogP contribution in [-0.2, 0) is 0 Å². The Morgan fingerprint density at radius 1 is 1.22 bits per heavy atom. The van der Waals surface area contributed by atoms with Gasteiger partial charge in [0.15, 0.2) is 0 Å². The summed E-state index contributed by atoms with van der Waals surface area (Å²) in [6.07, 6.45) is 10.2. The molecule has 3 heterocycles. The van der Waals surface area contributed by atoms with Crippen LogP contribution in [0, 0.1) is 5.92 Å². The average Bonchev–Trinajstić information content (AvgIpc) is 3.28. The maximum absolute atomic E-state index is 12.8. The van der Waals surface area contributed by atoms with Gasteiger partial charge in [-0.1, -0.05) is 0 Å². The Labute approximate surface area is 138 Å². The molecule has 2 saturated heterocycles. The van der Waals surface area contributed by atoms with Gasteiger partial charge in [0.2, 0.25) is 0 Å². The van der Waals surface area contributed by atoms with E-state index in [2.05, 4.69) is 23.7 Å². The summed E-state index contributed by atoms with van der Waals surface area (Å²) in [4.78, 5) is 21.9. The second-order valence-electron chi connectivity index (χ2n) is 7.78. The zero-order valence-corrected chi connectivity index (χ0v) is 14.3. The maximum atomic E-state index is 12.8. The molecule has 4 rings (SSSR count). The fraction of sp³-hybridized carbons (Fsp3) is 0.778. The second kappa shape index (κ2) is 5.93. The van der Waals surface area contributed by atoms with E-state index in [-0.39, 0.29) is 5.91 Å². The lowest BCUT2D eigenvalue weighted by atomic mass is 9.83. The smallest absolute Gasteiger partial charge is 0.274 e. The van der Waals surface area contributed by atoms with Gasteiger partial charge in [0.1, 0.15) is 5.69 Å². The molecule has 5 nitrogen and oxygen atoms in total. The number of rotatable bonds is 3. The summed E-state index contributed by atoms with van der Waals surface area (Å²) in [6, 6.07) is 1.92. The topological polar surface area (TPSA) is 41.4 Å². The van der Waals surface area contributed by atoms with Crippen LogP contribution >= 0.6 is 0 Å². The van der Waals surface area contributed by atoms with Crippen molar-refractivity contribution in [1.29, 1.82) is 0 Å². The van der Waals surface area contributed by atoms with E-state index >= 15 is 0 Å². The molecule has 1 aliphatic carbocycles. The molecule has 0 aromatic carbocycles. The summed E-state index contributed by atoms with van der Waals surface area (Å²) >= 11 is 0. The molecule has 2 atom stereocenters. The molecule has 2 unspecified atom stereocenters. The van der Waals surface area contributed by atoms with Crippen molar-refractivity contribution in [3.05, 3.63) is 18.2 Å². The first kappa shape index (κ1) is 15.2. The van der Waals surface area contributed by atoms with Crippen molar-refractivity contribution in [1.82, 2.24) is 19.4 Å². The van der Waals surface area contributed by atoms with Crippen LogP contribution in [-0.4, -0.2) is 57.0 Å². The summed E-state index contributed by atoms with van der Waals surface area (Å²) in [5.41, 5.74) is 0.604. The third kappa shape index (κ3) is 2.91. The predicted molar refractivity (Wildman–Crippen MR) is 89.4 cm³/mol. The van der Waals surface area contributed by atoms with E-state index in [9.17, 15) is 4.79 Å². The molecule has 1 amide bonds. The molecule has 1 saturated carbocycles. The predicted octanol–water partition coefficient (Wildman–Crippen LogP) is 2.55. The number of hydrogen-bond acceptors (Lipinski definition) is 3. The van der Waals surface area contributed by atoms with Gasteiger partial charge in [0.25, 0.3) is 5.91 Å². The van der Waals surface area contributed by atoms with E-state index in [4.69, 9.17) is 0 Å². The minimum Gasteiger partial charge on any atom is -0.337 e. The Hall–Kier alpha value is -1.36. The van der Waals surface area contributed by atoms with Crippen molar-refractivity contribution in [2.24, 2.45) is 5.92 Å². The van der Waals surface area contributed by atoms with Crippen LogP contribution in [0.1, 0.15) is 62.5 Å².